The Kier molecular flexibility index (Phi) is 13.0. The molecule has 12 nitrogen and oxygen atoms in total. The first-order valence-corrected chi connectivity index (χ1v) is 10.2. The highest BCUT2D eigenvalue weighted by atomic mass is 19.4. The molecule has 0 saturated carbocycles. The minimum absolute atomic E-state index is 0.276. The van der Waals surface area contributed by atoms with Gasteiger partial charge in [-0.3, -0.25) is 14.4 Å². The number of amides is 3. The van der Waals surface area contributed by atoms with E-state index in [-0.39, 0.29) is 6.61 Å². The Hall–Kier alpha value is -3.54. The van der Waals surface area contributed by atoms with Crippen molar-refractivity contribution in [2.24, 2.45) is 5.73 Å². The monoisotopic (exact) mass is 526 g/mol. The first kappa shape index (κ1) is 34.6. The molecule has 0 rings (SSSR count). The lowest BCUT2D eigenvalue weighted by molar-refractivity contribution is -0.192. The predicted octanol–water partition coefficient (Wildman–Crippen LogP) is -0.198. The molecule has 0 heterocycles. The number of methoxy groups -OCH3 is 1. The van der Waals surface area contributed by atoms with Crippen molar-refractivity contribution in [2.75, 3.05) is 13.7 Å². The summed E-state index contributed by atoms with van der Waals surface area (Å²) >= 11 is 0. The van der Waals surface area contributed by atoms with Gasteiger partial charge in [-0.1, -0.05) is 5.92 Å². The Morgan fingerprint density at radius 2 is 1.42 bits per heavy atom. The molecule has 206 valence electrons. The number of halogens is 3. The number of aliphatic carboxylic acids is 1. The molecule has 0 spiro atoms. The van der Waals surface area contributed by atoms with Crippen LogP contribution in [0.5, 0.6) is 0 Å². The summed E-state index contributed by atoms with van der Waals surface area (Å²) < 4.78 is 41.4. The van der Waals surface area contributed by atoms with Crippen molar-refractivity contribution in [2.45, 2.75) is 77.3 Å². The number of carbonyl (C=O) groups is 5. The molecule has 0 unspecified atom stereocenters. The molecule has 0 aromatic carbocycles. The molecule has 6 N–H and O–H groups in total. The molecule has 0 aliphatic heterocycles. The van der Waals surface area contributed by atoms with E-state index in [1.807, 2.05) is 0 Å². The molecule has 0 aromatic rings. The number of hydrogen-bond donors (Lipinski definition) is 5. The van der Waals surface area contributed by atoms with Crippen molar-refractivity contribution in [1.29, 1.82) is 0 Å². The number of ether oxygens (including phenoxy) is 2. The van der Waals surface area contributed by atoms with E-state index in [4.69, 9.17) is 20.4 Å². The van der Waals surface area contributed by atoms with Crippen LogP contribution in [0.4, 0.5) is 13.2 Å². The van der Waals surface area contributed by atoms with Crippen LogP contribution in [-0.4, -0.2) is 77.3 Å². The molecule has 0 aromatic heterocycles. The molecule has 0 aliphatic rings. The molecule has 0 bridgehead atoms. The van der Waals surface area contributed by atoms with Crippen LogP contribution >= 0.6 is 0 Å². The number of nitrogens with one attached hydrogen (secondary N) is 3. The van der Waals surface area contributed by atoms with Crippen LogP contribution in [0, 0.1) is 12.0 Å². The van der Waals surface area contributed by atoms with E-state index in [2.05, 4.69) is 32.7 Å². The van der Waals surface area contributed by atoms with Crippen LogP contribution in [0.3, 0.4) is 0 Å². The number of alkyl halides is 3. The average Bonchev–Trinajstić information content (AvgIpc) is 2.70. The van der Waals surface area contributed by atoms with Crippen LogP contribution in [0.15, 0.2) is 0 Å². The smallest absolute Gasteiger partial charge is 0.475 e. The van der Waals surface area contributed by atoms with Crippen LogP contribution in [0.1, 0.15) is 48.5 Å². The fourth-order valence-corrected chi connectivity index (χ4v) is 1.92. The minimum atomic E-state index is -5.08. The first-order valence-electron chi connectivity index (χ1n) is 10.2. The van der Waals surface area contributed by atoms with Crippen molar-refractivity contribution in [3.63, 3.8) is 0 Å². The quantitative estimate of drug-likeness (QED) is 0.200. The summed E-state index contributed by atoms with van der Waals surface area (Å²) in [4.78, 5) is 58.2. The van der Waals surface area contributed by atoms with E-state index in [9.17, 15) is 32.3 Å². The number of carboxylic acid groups (broad SMARTS) is 1. The van der Waals surface area contributed by atoms with Crippen LogP contribution in [0.25, 0.3) is 0 Å². The van der Waals surface area contributed by atoms with E-state index in [1.165, 1.54) is 48.7 Å². The van der Waals surface area contributed by atoms with Gasteiger partial charge in [0.1, 0.15) is 29.8 Å². The Morgan fingerprint density at radius 1 is 0.944 bits per heavy atom. The largest absolute Gasteiger partial charge is 0.490 e. The molecule has 1 atom stereocenters. The summed E-state index contributed by atoms with van der Waals surface area (Å²) in [6.45, 7) is 10.1. The molecule has 0 radical (unpaired) electrons. The summed E-state index contributed by atoms with van der Waals surface area (Å²) in [7, 11) is 1.19. The van der Waals surface area contributed by atoms with Gasteiger partial charge in [0.05, 0.1) is 12.6 Å². The Bertz CT molecular complexity index is 884. The normalized spacial score (nSPS) is 12.3. The number of carboxylic acids is 1. The zero-order chi connectivity index (χ0) is 29.1. The average molecular weight is 527 g/mol. The first-order chi connectivity index (χ1) is 16.0. The van der Waals surface area contributed by atoms with Crippen molar-refractivity contribution < 1.29 is 51.7 Å². The SMILES string of the molecule is CC#COC[C@H](NC(=O)C(C)(C)NC(=O)C(C)(C)N)C(=O)NC(C)(C)C(=O)OC.O=C(O)C(F)(F)F. The Morgan fingerprint density at radius 3 is 1.78 bits per heavy atom. The third-order valence-electron chi connectivity index (χ3n) is 4.00. The second-order valence-corrected chi connectivity index (χ2v) is 8.90. The predicted molar refractivity (Wildman–Crippen MR) is 120 cm³/mol. The van der Waals surface area contributed by atoms with Crippen LogP contribution in [0.2, 0.25) is 0 Å². The van der Waals surface area contributed by atoms with Gasteiger partial charge < -0.3 is 36.3 Å². The van der Waals surface area contributed by atoms with Gasteiger partial charge in [0, 0.05) is 6.92 Å². The third-order valence-corrected chi connectivity index (χ3v) is 4.00. The van der Waals surface area contributed by atoms with Crippen molar-refractivity contribution >= 4 is 29.7 Å². The van der Waals surface area contributed by atoms with Gasteiger partial charge >= 0.3 is 18.1 Å². The van der Waals surface area contributed by atoms with Gasteiger partial charge in [-0.05, 0) is 41.5 Å². The topological polar surface area (TPSA) is 186 Å². The molecule has 3 amide bonds. The van der Waals surface area contributed by atoms with Crippen molar-refractivity contribution in [1.82, 2.24) is 16.0 Å². The molecule has 0 aliphatic carbocycles. The molecular weight excluding hydrogens is 493 g/mol. The van der Waals surface area contributed by atoms with Gasteiger partial charge in [0.15, 0.2) is 0 Å². The van der Waals surface area contributed by atoms with E-state index >= 15 is 0 Å². The van der Waals surface area contributed by atoms with Gasteiger partial charge in [-0.15, -0.1) is 0 Å². The fraction of sp³-hybridized carbons (Fsp3) is 0.667. The number of esters is 1. The van der Waals surface area contributed by atoms with Gasteiger partial charge in [-0.2, -0.15) is 13.2 Å². The zero-order valence-corrected chi connectivity index (χ0v) is 21.3. The summed E-state index contributed by atoms with van der Waals surface area (Å²) in [5.74, 6) is -2.80. The zero-order valence-electron chi connectivity index (χ0n) is 21.3. The summed E-state index contributed by atoms with van der Waals surface area (Å²) in [5.41, 5.74) is 1.84. The molecule has 0 fully saturated rings. The molecular formula is C21H33F3N4O8. The maximum Gasteiger partial charge on any atom is 0.490 e. The molecule has 0 saturated heterocycles. The Labute approximate surface area is 206 Å². The molecule has 36 heavy (non-hydrogen) atoms. The van der Waals surface area contributed by atoms with Crippen LogP contribution in [-0.2, 0) is 33.4 Å². The van der Waals surface area contributed by atoms with E-state index in [0.29, 0.717) is 0 Å². The highest BCUT2D eigenvalue weighted by Crippen LogP contribution is 2.13. The number of hydrogen-bond acceptors (Lipinski definition) is 8. The van der Waals surface area contributed by atoms with E-state index in [0.717, 1.165) is 0 Å². The third kappa shape index (κ3) is 12.8. The van der Waals surface area contributed by atoms with E-state index < -0.39 is 58.5 Å². The van der Waals surface area contributed by atoms with E-state index in [1.54, 1.807) is 6.92 Å². The lowest BCUT2D eigenvalue weighted by atomic mass is 9.99. The van der Waals surface area contributed by atoms with Crippen LogP contribution < -0.4 is 21.7 Å². The summed E-state index contributed by atoms with van der Waals surface area (Å²) in [6.07, 6.45) is -2.75. The maximum atomic E-state index is 12.7. The van der Waals surface area contributed by atoms with Gasteiger partial charge in [-0.25, -0.2) is 9.59 Å². The highest BCUT2D eigenvalue weighted by Gasteiger charge is 2.39. The van der Waals surface area contributed by atoms with Gasteiger partial charge in [0.2, 0.25) is 17.7 Å². The minimum Gasteiger partial charge on any atom is -0.475 e. The second-order valence-electron chi connectivity index (χ2n) is 8.90. The molecule has 15 heteroatoms. The number of carbonyl (C=O) groups excluding carboxylic acids is 4. The number of nitrogens with two attached hydrogens (primary N) is 1. The maximum absolute atomic E-state index is 12.7. The lowest BCUT2D eigenvalue weighted by Gasteiger charge is -2.31. The fourth-order valence-electron chi connectivity index (χ4n) is 1.92. The summed E-state index contributed by atoms with van der Waals surface area (Å²) in [6, 6.07) is -1.19. The van der Waals surface area contributed by atoms with Crippen molar-refractivity contribution in [3.05, 3.63) is 0 Å². The lowest BCUT2D eigenvalue weighted by Crippen LogP contribution is -2.64. The number of rotatable bonds is 9. The Balaban J connectivity index is 0. The second kappa shape index (κ2) is 13.5. The highest BCUT2D eigenvalue weighted by molar-refractivity contribution is 5.97. The van der Waals surface area contributed by atoms with Crippen molar-refractivity contribution in [3.8, 4) is 12.0 Å². The summed E-state index contributed by atoms with van der Waals surface area (Å²) in [5, 5.41) is 14.7. The standard InChI is InChI=1S/C19H32N4O6.C2HF3O2/c1-9-10-29-11-12(13(24)22-19(6,7)16(27)28-8)21-15(26)18(4,5)23-14(25)17(2,3)20;3-2(4,5)1(6)7/h12H,11,20H2,1-8H3,(H,21,26)(H,22,24)(H,23,25);(H,6,7)/t12-;/m0./s1. The van der Waals surface area contributed by atoms with Gasteiger partial charge in [0.25, 0.3) is 0 Å².